The van der Waals surface area contributed by atoms with E-state index in [-0.39, 0.29) is 17.6 Å². The highest BCUT2D eigenvalue weighted by Crippen LogP contribution is 2.28. The zero-order valence-corrected chi connectivity index (χ0v) is 10.2. The van der Waals surface area contributed by atoms with Gasteiger partial charge < -0.3 is 10.1 Å². The summed E-state index contributed by atoms with van der Waals surface area (Å²) in [6.45, 7) is -1.32. The van der Waals surface area contributed by atoms with Crippen molar-refractivity contribution in [1.29, 1.82) is 0 Å². The molecule has 1 aliphatic rings. The highest BCUT2D eigenvalue weighted by atomic mass is 19.4. The summed E-state index contributed by atoms with van der Waals surface area (Å²) in [6.07, 6.45) is -1.48. The zero-order chi connectivity index (χ0) is 13.9. The lowest BCUT2D eigenvalue weighted by Crippen LogP contribution is -2.27. The molecule has 0 aromatic heterocycles. The van der Waals surface area contributed by atoms with Crippen LogP contribution in [0.4, 0.5) is 18.9 Å². The van der Waals surface area contributed by atoms with Gasteiger partial charge in [-0.15, -0.1) is 0 Å². The molecular formula is C13H14F3NO2. The molecule has 0 bridgehead atoms. The molecule has 0 spiro atoms. The van der Waals surface area contributed by atoms with Gasteiger partial charge in [0.2, 0.25) is 5.91 Å². The molecular weight excluding hydrogens is 259 g/mol. The smallest absolute Gasteiger partial charge is 0.422 e. The van der Waals surface area contributed by atoms with Crippen LogP contribution in [0.3, 0.4) is 0 Å². The van der Waals surface area contributed by atoms with Gasteiger partial charge in [0, 0.05) is 11.6 Å². The van der Waals surface area contributed by atoms with Crippen molar-refractivity contribution >= 4 is 11.6 Å². The number of halogens is 3. The lowest BCUT2D eigenvalue weighted by molar-refractivity contribution is -0.153. The third kappa shape index (κ3) is 4.15. The molecule has 1 aliphatic carbocycles. The van der Waals surface area contributed by atoms with Crippen molar-refractivity contribution in [2.45, 2.75) is 25.4 Å². The molecule has 19 heavy (non-hydrogen) atoms. The number of benzene rings is 1. The molecule has 1 amide bonds. The molecule has 1 N–H and O–H groups in total. The number of carbonyl (C=O) groups is 1. The predicted molar refractivity (Wildman–Crippen MR) is 64.0 cm³/mol. The summed E-state index contributed by atoms with van der Waals surface area (Å²) in [7, 11) is 0. The van der Waals surface area contributed by atoms with Crippen LogP contribution >= 0.6 is 0 Å². The summed E-state index contributed by atoms with van der Waals surface area (Å²) in [4.78, 5) is 11.6. The van der Waals surface area contributed by atoms with Crippen LogP contribution in [-0.4, -0.2) is 18.7 Å². The maximum Gasteiger partial charge on any atom is 0.422 e. The van der Waals surface area contributed by atoms with Gasteiger partial charge in [-0.05, 0) is 37.1 Å². The van der Waals surface area contributed by atoms with Gasteiger partial charge in [-0.1, -0.05) is 6.42 Å². The highest BCUT2D eigenvalue weighted by molar-refractivity contribution is 5.93. The normalized spacial score (nSPS) is 15.7. The van der Waals surface area contributed by atoms with Gasteiger partial charge >= 0.3 is 6.18 Å². The van der Waals surface area contributed by atoms with Crippen LogP contribution in [0.5, 0.6) is 5.75 Å². The van der Waals surface area contributed by atoms with Crippen LogP contribution in [0.2, 0.25) is 0 Å². The van der Waals surface area contributed by atoms with Crippen molar-refractivity contribution in [1.82, 2.24) is 0 Å². The fraction of sp³-hybridized carbons (Fsp3) is 0.462. The van der Waals surface area contributed by atoms with Crippen LogP contribution in [0.25, 0.3) is 0 Å². The van der Waals surface area contributed by atoms with Crippen LogP contribution in [-0.2, 0) is 4.79 Å². The van der Waals surface area contributed by atoms with E-state index >= 15 is 0 Å². The van der Waals surface area contributed by atoms with Crippen LogP contribution < -0.4 is 10.1 Å². The first kappa shape index (κ1) is 13.7. The topological polar surface area (TPSA) is 38.3 Å². The number of hydrogen-bond acceptors (Lipinski definition) is 2. The fourth-order valence-corrected chi connectivity index (χ4v) is 1.71. The highest BCUT2D eigenvalue weighted by Gasteiger charge is 2.28. The molecule has 2 rings (SSSR count). The molecule has 0 aliphatic heterocycles. The Bertz CT molecular complexity index is 438. The van der Waals surface area contributed by atoms with Gasteiger partial charge in [0.1, 0.15) is 5.75 Å². The Labute approximate surface area is 108 Å². The predicted octanol–water partition coefficient (Wildman–Crippen LogP) is 3.37. The number of hydrogen-bond donors (Lipinski definition) is 1. The second kappa shape index (κ2) is 5.50. The molecule has 1 fully saturated rings. The first-order valence-corrected chi connectivity index (χ1v) is 6.04. The van der Waals surface area contributed by atoms with Gasteiger partial charge in [-0.2, -0.15) is 13.2 Å². The van der Waals surface area contributed by atoms with E-state index in [0.29, 0.717) is 5.69 Å². The SMILES string of the molecule is O=C(Nc1ccc(OCC(F)(F)F)cc1)C1CCC1. The van der Waals surface area contributed by atoms with Crippen LogP contribution in [0, 0.1) is 5.92 Å². The Hall–Kier alpha value is -1.72. The molecule has 0 unspecified atom stereocenters. The van der Waals surface area contributed by atoms with Gasteiger partial charge in [0.25, 0.3) is 0 Å². The minimum absolute atomic E-state index is 0.0322. The molecule has 1 aromatic carbocycles. The van der Waals surface area contributed by atoms with Crippen molar-refractivity contribution in [2.75, 3.05) is 11.9 Å². The van der Waals surface area contributed by atoms with Crippen LogP contribution in [0.15, 0.2) is 24.3 Å². The largest absolute Gasteiger partial charge is 0.484 e. The molecule has 0 atom stereocenters. The molecule has 104 valence electrons. The first-order chi connectivity index (χ1) is 8.94. The first-order valence-electron chi connectivity index (χ1n) is 6.04. The second-order valence-corrected chi connectivity index (χ2v) is 4.55. The number of carbonyl (C=O) groups excluding carboxylic acids is 1. The second-order valence-electron chi connectivity index (χ2n) is 4.55. The fourth-order valence-electron chi connectivity index (χ4n) is 1.71. The summed E-state index contributed by atoms with van der Waals surface area (Å²) in [5, 5.41) is 2.73. The Morgan fingerprint density at radius 2 is 1.89 bits per heavy atom. The Morgan fingerprint density at radius 3 is 2.37 bits per heavy atom. The minimum Gasteiger partial charge on any atom is -0.484 e. The average molecular weight is 273 g/mol. The van der Waals surface area contributed by atoms with Crippen molar-refractivity contribution < 1.29 is 22.7 Å². The number of ether oxygens (including phenoxy) is 1. The lowest BCUT2D eigenvalue weighted by Gasteiger charge is -2.24. The maximum absolute atomic E-state index is 11.9. The molecule has 0 saturated heterocycles. The van der Waals surface area contributed by atoms with Crippen LogP contribution in [0.1, 0.15) is 19.3 Å². The monoisotopic (exact) mass is 273 g/mol. The number of alkyl halides is 3. The van der Waals surface area contributed by atoms with Crippen molar-refractivity contribution in [3.8, 4) is 5.75 Å². The Kier molecular flexibility index (Phi) is 3.97. The standard InChI is InChI=1S/C13H14F3NO2/c14-13(15,16)8-19-11-6-4-10(5-7-11)17-12(18)9-2-1-3-9/h4-7,9H,1-3,8H2,(H,17,18). The summed E-state index contributed by atoms with van der Waals surface area (Å²) >= 11 is 0. The molecule has 1 saturated carbocycles. The van der Waals surface area contributed by atoms with E-state index in [0.717, 1.165) is 19.3 Å². The van der Waals surface area contributed by atoms with E-state index in [1.807, 2.05) is 0 Å². The molecule has 0 heterocycles. The lowest BCUT2D eigenvalue weighted by atomic mass is 9.85. The Morgan fingerprint density at radius 1 is 1.26 bits per heavy atom. The summed E-state index contributed by atoms with van der Waals surface area (Å²) < 4.78 is 40.4. The van der Waals surface area contributed by atoms with Gasteiger partial charge in [-0.3, -0.25) is 4.79 Å². The summed E-state index contributed by atoms with van der Waals surface area (Å²) in [5.41, 5.74) is 0.566. The number of nitrogens with one attached hydrogen (secondary N) is 1. The van der Waals surface area contributed by atoms with Crippen molar-refractivity contribution in [3.63, 3.8) is 0 Å². The van der Waals surface area contributed by atoms with Gasteiger partial charge in [0.05, 0.1) is 0 Å². The molecule has 3 nitrogen and oxygen atoms in total. The van der Waals surface area contributed by atoms with Crippen molar-refractivity contribution in [2.24, 2.45) is 5.92 Å². The van der Waals surface area contributed by atoms with E-state index in [1.165, 1.54) is 24.3 Å². The molecule has 1 aromatic rings. The van der Waals surface area contributed by atoms with Gasteiger partial charge in [0.15, 0.2) is 6.61 Å². The zero-order valence-electron chi connectivity index (χ0n) is 10.2. The maximum atomic E-state index is 11.9. The average Bonchev–Trinajstić information content (AvgIpc) is 2.24. The quantitative estimate of drug-likeness (QED) is 0.913. The molecule has 0 radical (unpaired) electrons. The third-order valence-corrected chi connectivity index (χ3v) is 3.00. The van der Waals surface area contributed by atoms with Crippen molar-refractivity contribution in [3.05, 3.63) is 24.3 Å². The molecule has 6 heteroatoms. The number of amides is 1. The van der Waals surface area contributed by atoms with E-state index < -0.39 is 12.8 Å². The number of anilines is 1. The van der Waals surface area contributed by atoms with E-state index in [2.05, 4.69) is 10.1 Å². The van der Waals surface area contributed by atoms with E-state index in [9.17, 15) is 18.0 Å². The number of rotatable bonds is 4. The summed E-state index contributed by atoms with van der Waals surface area (Å²) in [6, 6.07) is 5.87. The van der Waals surface area contributed by atoms with Gasteiger partial charge in [-0.25, -0.2) is 0 Å². The van der Waals surface area contributed by atoms with E-state index in [1.54, 1.807) is 0 Å². The minimum atomic E-state index is -4.35. The summed E-state index contributed by atoms with van der Waals surface area (Å²) in [5.74, 6) is 0.162. The third-order valence-electron chi connectivity index (χ3n) is 3.00. The Balaban J connectivity index is 1.85. The van der Waals surface area contributed by atoms with E-state index in [4.69, 9.17) is 0 Å².